The van der Waals surface area contributed by atoms with Crippen LogP contribution in [0, 0.1) is 5.92 Å². The number of hydrogen-bond donors (Lipinski definition) is 27. The van der Waals surface area contributed by atoms with Gasteiger partial charge in [-0.3, -0.25) is 43.2 Å². The zero-order valence-corrected chi connectivity index (χ0v) is 79.1. The second kappa shape index (κ2) is 47.6. The molecule has 9 heterocycles. The molecule has 0 aromatic heterocycles. The predicted octanol–water partition coefficient (Wildman–Crippen LogP) is -0.0308. The van der Waals surface area contributed by atoms with Gasteiger partial charge in [-0.25, -0.2) is 0 Å². The van der Waals surface area contributed by atoms with Crippen LogP contribution in [0.5, 0.6) is 69.0 Å². The topological polar surface area (TPSA) is 704 Å². The number of amides is 9. The highest BCUT2D eigenvalue weighted by Gasteiger charge is 2.53. The number of halogens is 2. The summed E-state index contributed by atoms with van der Waals surface area (Å²) in [6, 6.07) is 1.86. The Morgan fingerprint density at radius 1 is 0.490 bits per heavy atom. The predicted molar refractivity (Wildman–Crippen MR) is 503 cm³/mol. The van der Waals surface area contributed by atoms with Crippen LogP contribution >= 0.6 is 23.2 Å². The molecular formula is C96H117Cl2N13O32. The summed E-state index contributed by atoms with van der Waals surface area (Å²) in [6.07, 6.45) is -24.8. The van der Waals surface area contributed by atoms with Crippen molar-refractivity contribution in [2.24, 2.45) is 17.4 Å². The fourth-order valence-electron chi connectivity index (χ4n) is 17.7. The molecule has 47 heteroatoms. The molecule has 17 bridgehead atoms. The molecule has 23 atom stereocenters. The van der Waals surface area contributed by atoms with Gasteiger partial charge in [0.2, 0.25) is 71.5 Å². The van der Waals surface area contributed by atoms with Crippen LogP contribution < -0.4 is 93.6 Å². The lowest BCUT2D eigenvalue weighted by Crippen LogP contribution is -2.65. The van der Waals surface area contributed by atoms with Crippen LogP contribution in [0.1, 0.15) is 147 Å². The summed E-state index contributed by atoms with van der Waals surface area (Å²) >= 11 is 14.9. The molecule has 3 saturated heterocycles. The number of ether oxygens (including phenoxy) is 9. The molecule has 0 spiro atoms. The lowest BCUT2D eigenvalue weighted by molar-refractivity contribution is -0.284. The fourth-order valence-corrected chi connectivity index (χ4v) is 18.1. The summed E-state index contributed by atoms with van der Waals surface area (Å²) in [4.78, 5) is 142. The van der Waals surface area contributed by atoms with Gasteiger partial charge in [0, 0.05) is 62.7 Å². The van der Waals surface area contributed by atoms with E-state index in [0.29, 0.717) is 51.4 Å². The van der Waals surface area contributed by atoms with E-state index in [1.54, 1.807) is 0 Å². The number of benzene rings is 7. The second-order valence-corrected chi connectivity index (χ2v) is 36.9. The molecule has 9 aliphatic rings. The molecule has 7 aromatic rings. The van der Waals surface area contributed by atoms with Gasteiger partial charge in [0.15, 0.2) is 29.3 Å². The van der Waals surface area contributed by atoms with Gasteiger partial charge in [-0.05, 0) is 163 Å². The van der Waals surface area contributed by atoms with Gasteiger partial charge in [0.05, 0.1) is 29.9 Å². The third kappa shape index (κ3) is 25.1. The van der Waals surface area contributed by atoms with E-state index in [1.165, 1.54) is 30.3 Å². The van der Waals surface area contributed by atoms with E-state index in [4.69, 9.17) is 77.3 Å². The maximum absolute atomic E-state index is 17.2. The number of carbonyl (C=O) groups is 9. The number of carbonyl (C=O) groups excluding carboxylic acids is 9. The summed E-state index contributed by atoms with van der Waals surface area (Å²) in [5.74, 6) is -17.7. The first-order valence-corrected chi connectivity index (χ1v) is 47.4. The van der Waals surface area contributed by atoms with Crippen molar-refractivity contribution >= 4 is 76.4 Å². The minimum Gasteiger partial charge on any atom is -0.508 e. The van der Waals surface area contributed by atoms with E-state index >= 15 is 28.8 Å². The monoisotopic (exact) mass is 2030 g/mol. The lowest BCUT2D eigenvalue weighted by atomic mass is 9.89. The largest absolute Gasteiger partial charge is 0.508 e. The molecule has 45 nitrogen and oxygen atoms in total. The lowest BCUT2D eigenvalue weighted by Gasteiger charge is -2.44. The molecule has 0 saturated carbocycles. The summed E-state index contributed by atoms with van der Waals surface area (Å²) in [5.41, 5.74) is 9.07. The second-order valence-electron chi connectivity index (χ2n) is 36.1. The quantitative estimate of drug-likeness (QED) is 0.0274. The van der Waals surface area contributed by atoms with Gasteiger partial charge >= 0.3 is 0 Å². The molecule has 7 aromatic carbocycles. The van der Waals surface area contributed by atoms with Crippen LogP contribution in [0.3, 0.4) is 0 Å². The average Bonchev–Trinajstić information content (AvgIpc) is 0.736. The van der Waals surface area contributed by atoms with Crippen molar-refractivity contribution in [2.75, 3.05) is 59.1 Å². The normalized spacial score (nSPS) is 27.6. The maximum atomic E-state index is 17.2. The number of aromatic hydroxyl groups is 4. The Morgan fingerprint density at radius 2 is 1.06 bits per heavy atom. The number of nitrogens with one attached hydrogen (secondary N) is 11. The van der Waals surface area contributed by atoms with E-state index in [1.807, 2.05) is 0 Å². The van der Waals surface area contributed by atoms with Crippen molar-refractivity contribution in [3.05, 3.63) is 164 Å². The molecule has 9 amide bonds. The Bertz CT molecular complexity index is 5800. The number of phenolic OH excluding ortho intramolecular Hbond substituents is 4. The highest BCUT2D eigenvalue weighted by molar-refractivity contribution is 6.32. The zero-order chi connectivity index (χ0) is 103. The van der Waals surface area contributed by atoms with E-state index in [-0.39, 0.29) is 70.5 Å². The Labute approximate surface area is 827 Å². The summed E-state index contributed by atoms with van der Waals surface area (Å²) in [5, 5.41) is 191. The minimum atomic E-state index is -2.53. The van der Waals surface area contributed by atoms with Gasteiger partial charge < -0.3 is 184 Å². The molecule has 29 N–H and O–H groups in total. The number of nitrogens with two attached hydrogens (primary N) is 2. The van der Waals surface area contributed by atoms with Crippen LogP contribution in [0.4, 0.5) is 0 Å². The Morgan fingerprint density at radius 3 is 1.70 bits per heavy atom. The van der Waals surface area contributed by atoms with Crippen molar-refractivity contribution in [3.8, 4) is 80.1 Å². The van der Waals surface area contributed by atoms with E-state index in [9.17, 15) is 85.9 Å². The van der Waals surface area contributed by atoms with Gasteiger partial charge in [0.1, 0.15) is 162 Å². The van der Waals surface area contributed by atoms with Crippen LogP contribution in [-0.2, 0) is 68.5 Å². The third-order valence-electron chi connectivity index (χ3n) is 25.3. The third-order valence-corrected chi connectivity index (χ3v) is 25.9. The van der Waals surface area contributed by atoms with Crippen LogP contribution in [0.2, 0.25) is 10.0 Å². The van der Waals surface area contributed by atoms with Crippen LogP contribution in [0.15, 0.2) is 115 Å². The summed E-state index contributed by atoms with van der Waals surface area (Å²) in [6.45, 7) is 4.13. The summed E-state index contributed by atoms with van der Waals surface area (Å²) in [7, 11) is 0. The van der Waals surface area contributed by atoms with Gasteiger partial charge in [0.25, 0.3) is 0 Å². The molecule has 0 aliphatic carbocycles. The number of aliphatic hydroxyl groups is 10. The standard InChI is InChI=1S/C96H117Cl2N13O32/c1-41(2)10-6-4-5-7-11-68(120)106-76-82(125)79(122)66(39-113)140-95(76)143-86-63-33-48-34-64(86)137-60-19-15-46(31-55(60)98)85(142-94-75(104-42(3)115)81(124)78(121)65(38-112)139-94)77-93(134)110-74(89(130)103-23-9-22-102-25-24-101-21-8-20-99)53-36-50(117)37-62(138-96-84(127)83(126)80(123)67(40-114)141-96)69(53)52-30-45(14-16-57(52)118)71(90(131)111-77)108-92(133)73(48)109-91(132)72-47-28-49(116)35-51(29-47)135-61-32-44(13-17-58(61)119)70(100)88(129)105-56(87(128)107-72)27-43-12-18-59(136-63)54(97)26-43/h12-19,26,28-37,41,56,65-67,70-85,94-96,101-102,112-114,116-119,121-127H,4-11,20-25,27,38-40,99-100H2,1-3H3,(H,103,130)(H,104,115)(H,105,129)(H,106,120)(H,107,128)(H,108,133)(H,109,132)(H,110,134)(H,111,131)/t56-,65+,66+,67-,70-,71-,72+,73-,74+,75+,76+,77+,78-,79-,80-,81-,82-,83-,84+,85-,94+,95+,96+/m1/s1. The van der Waals surface area contributed by atoms with E-state index in [0.717, 1.165) is 111 Å². The first-order chi connectivity index (χ1) is 68.4. The first-order valence-electron chi connectivity index (χ1n) is 46.7. The maximum Gasteiger partial charge on any atom is 0.248 e. The van der Waals surface area contributed by atoms with Gasteiger partial charge in [-0.15, -0.1) is 0 Å². The van der Waals surface area contributed by atoms with E-state index in [2.05, 4.69) is 72.3 Å². The van der Waals surface area contributed by atoms with Gasteiger partial charge in [-0.1, -0.05) is 87.0 Å². The van der Waals surface area contributed by atoms with Crippen molar-refractivity contribution in [1.82, 2.24) is 58.5 Å². The highest BCUT2D eigenvalue weighted by Crippen LogP contribution is 2.51. The molecule has 16 rings (SSSR count). The average molecular weight is 2040 g/mol. The Hall–Kier alpha value is -12.2. The van der Waals surface area contributed by atoms with Crippen molar-refractivity contribution in [3.63, 3.8) is 0 Å². The Kier molecular flexibility index (Phi) is 35.5. The number of phenols is 4. The molecular weight excluding hydrogens is 1920 g/mol. The van der Waals surface area contributed by atoms with Crippen molar-refractivity contribution in [1.29, 1.82) is 0 Å². The van der Waals surface area contributed by atoms with Crippen molar-refractivity contribution in [2.45, 2.75) is 219 Å². The summed E-state index contributed by atoms with van der Waals surface area (Å²) < 4.78 is 58.4. The molecule has 772 valence electrons. The molecule has 0 unspecified atom stereocenters. The minimum absolute atomic E-state index is 0.0314. The fraction of sp³-hybridized carbons (Fsp3) is 0.469. The molecule has 0 radical (unpaired) electrons. The van der Waals surface area contributed by atoms with Crippen molar-refractivity contribution < 1.29 is 157 Å². The van der Waals surface area contributed by atoms with E-state index < -0.39 is 304 Å². The highest BCUT2D eigenvalue weighted by atomic mass is 35.5. The Balaban J connectivity index is 1.03. The zero-order valence-electron chi connectivity index (χ0n) is 77.6. The molecule has 143 heavy (non-hydrogen) atoms. The molecule has 3 fully saturated rings. The SMILES string of the molecule is CC(=O)N[C@@H]1[C@H](O[C@@H]2c3ccc(c(Cl)c3)Oc3cc4cc(c3O[C@@H]3O[C@@H](CO)[C@@H](O)[C@H](O)[C@@H]3NC(=O)CCCCCCC(C)C)Oc3ccc(cc3Cl)C[C@H]3NC(=O)[C@H](N)c5ccc(O)c(c5)Oc5cc(O)cc(c5)[C@H](NC3=O)C(=O)N[C@H]4C(=O)N[C@H]3C(=O)N[C@@H]2C(=O)N[C@H](C(=O)NCCCNCCNCCCN)c2cc(O)cc(O[C@H]4O[C@H](CO)[C@@H](O)[C@@H](O)[C@@H]4O)c2-c2cc3ccc2O)O[C@@H](CO)[C@@H](O)[C@@H]1O. The number of rotatable bonds is 29. The number of unbranched alkanes of at least 4 members (excludes halogenated alkanes) is 3. The molecule has 9 aliphatic heterocycles. The van der Waals surface area contributed by atoms with Gasteiger partial charge in [-0.2, -0.15) is 0 Å². The number of hydrogen-bond acceptors (Lipinski definition) is 36. The number of fused-ring (bicyclic) bond motifs is 14. The number of aliphatic hydroxyl groups excluding tert-OH is 10. The smallest absolute Gasteiger partial charge is 0.248 e. The van der Waals surface area contributed by atoms with Crippen LogP contribution in [-0.4, -0.2) is 288 Å². The first kappa shape index (κ1) is 107. The van der Waals surface area contributed by atoms with Crippen LogP contribution in [0.25, 0.3) is 11.1 Å².